The molecule has 4 rings (SSSR count). The summed E-state index contributed by atoms with van der Waals surface area (Å²) in [6.45, 7) is -0.189. The number of aliphatic carboxylic acids is 1. The van der Waals surface area contributed by atoms with Gasteiger partial charge in [-0.3, -0.25) is 4.79 Å². The van der Waals surface area contributed by atoms with Gasteiger partial charge in [0.2, 0.25) is 0 Å². The number of anilines is 1. The molecule has 3 aliphatic rings. The Morgan fingerprint density at radius 3 is 2.94 bits per heavy atom. The SMILES string of the molecule is CO/N=C(\C(=O)N[C@@H]1C(=O)N2C(C(=O)O)=C(CSC3=NCC(=O)N[NH+]3[O-])CS[C@H]12)c1c[se]c(N)n1. The molecular formula is C17H18N8O7S2Se. The van der Waals surface area contributed by atoms with Crippen LogP contribution >= 0.6 is 23.5 Å². The zero-order valence-electron chi connectivity index (χ0n) is 17.8. The molecule has 0 saturated carbocycles. The fourth-order valence-corrected chi connectivity index (χ4v) is 6.91. The van der Waals surface area contributed by atoms with E-state index in [4.69, 9.17) is 10.6 Å². The number of β-lactam (4-membered cyclic amide) rings is 1. The second kappa shape index (κ2) is 10.4. The molecule has 0 radical (unpaired) electrons. The average molecular weight is 589 g/mol. The van der Waals surface area contributed by atoms with Gasteiger partial charge in [-0.05, 0) is 0 Å². The van der Waals surface area contributed by atoms with E-state index in [-0.39, 0.29) is 54.8 Å². The number of carbonyl (C=O) groups is 4. The Kier molecular flexibility index (Phi) is 7.48. The Hall–Kier alpha value is -2.89. The van der Waals surface area contributed by atoms with Gasteiger partial charge in [0.15, 0.2) is 0 Å². The quantitative estimate of drug-likeness (QED) is 0.0686. The third-order valence-corrected chi connectivity index (χ3v) is 8.73. The number of rotatable bonds is 7. The van der Waals surface area contributed by atoms with Gasteiger partial charge in [-0.1, -0.05) is 0 Å². The number of amides is 3. The first-order valence-electron chi connectivity index (χ1n) is 9.76. The number of carbonyl (C=O) groups excluding carboxylic acids is 3. The molecule has 1 saturated heterocycles. The van der Waals surface area contributed by atoms with Crippen molar-refractivity contribution in [2.75, 3.05) is 30.9 Å². The number of hydrogen-bond acceptors (Lipinski definition) is 12. The van der Waals surface area contributed by atoms with Crippen LogP contribution in [0.1, 0.15) is 5.69 Å². The fourth-order valence-electron chi connectivity index (χ4n) is 3.40. The van der Waals surface area contributed by atoms with Gasteiger partial charge in [-0.2, -0.15) is 5.43 Å². The van der Waals surface area contributed by atoms with E-state index in [0.717, 1.165) is 16.7 Å². The summed E-state index contributed by atoms with van der Waals surface area (Å²) in [5.41, 5.74) is 8.13. The van der Waals surface area contributed by atoms with E-state index >= 15 is 0 Å². The molecule has 18 heteroatoms. The van der Waals surface area contributed by atoms with Crippen molar-refractivity contribution < 1.29 is 34.3 Å². The Bertz CT molecular complexity index is 1180. The minimum atomic E-state index is -1.31. The maximum absolute atomic E-state index is 12.9. The van der Waals surface area contributed by atoms with Crippen molar-refractivity contribution >= 4 is 77.3 Å². The molecule has 0 aromatic carbocycles. The van der Waals surface area contributed by atoms with Crippen molar-refractivity contribution in [2.45, 2.75) is 11.4 Å². The summed E-state index contributed by atoms with van der Waals surface area (Å²) in [5, 5.41) is 26.7. The first-order valence-corrected chi connectivity index (χ1v) is 13.6. The molecule has 0 spiro atoms. The van der Waals surface area contributed by atoms with Crippen molar-refractivity contribution in [3.05, 3.63) is 27.1 Å². The molecule has 186 valence electrons. The number of quaternary nitrogens is 1. The van der Waals surface area contributed by atoms with Crippen molar-refractivity contribution in [1.82, 2.24) is 20.6 Å². The van der Waals surface area contributed by atoms with E-state index in [2.05, 4.69) is 25.9 Å². The van der Waals surface area contributed by atoms with E-state index in [1.165, 1.54) is 18.9 Å². The van der Waals surface area contributed by atoms with Gasteiger partial charge in [0.1, 0.15) is 6.54 Å². The van der Waals surface area contributed by atoms with Crippen molar-refractivity contribution in [1.29, 1.82) is 0 Å². The van der Waals surface area contributed by atoms with E-state index < -0.39 is 40.3 Å². The summed E-state index contributed by atoms with van der Waals surface area (Å²) in [5.74, 6) is -2.79. The maximum atomic E-state index is 12.9. The zero-order chi connectivity index (χ0) is 25.3. The van der Waals surface area contributed by atoms with Crippen LogP contribution < -0.4 is 21.6 Å². The van der Waals surface area contributed by atoms with Crippen LogP contribution in [-0.4, -0.2) is 101 Å². The molecule has 6 N–H and O–H groups in total. The van der Waals surface area contributed by atoms with Crippen molar-refractivity contribution in [3.63, 3.8) is 0 Å². The monoisotopic (exact) mass is 590 g/mol. The van der Waals surface area contributed by atoms with E-state index in [1.54, 1.807) is 4.94 Å². The Labute approximate surface area is 211 Å². The molecule has 1 aromatic rings. The molecule has 1 fully saturated rings. The Morgan fingerprint density at radius 2 is 2.31 bits per heavy atom. The molecule has 3 aliphatic heterocycles. The number of oxime groups is 1. The Balaban J connectivity index is 1.47. The summed E-state index contributed by atoms with van der Waals surface area (Å²) < 4.78 is 0.364. The molecule has 35 heavy (non-hydrogen) atoms. The normalized spacial score (nSPS) is 24.3. The van der Waals surface area contributed by atoms with E-state index in [0.29, 0.717) is 10.3 Å². The number of nitrogens with two attached hydrogens (primary N) is 1. The van der Waals surface area contributed by atoms with Gasteiger partial charge < -0.3 is 5.21 Å². The molecule has 0 aliphatic carbocycles. The summed E-state index contributed by atoms with van der Waals surface area (Å²) >= 11 is 2.04. The predicted molar refractivity (Wildman–Crippen MR) is 126 cm³/mol. The number of carboxylic acid groups (broad SMARTS) is 1. The number of aromatic nitrogens is 1. The standard InChI is InChI=1S/C17H18N8O7S2Se/c1-32-23-9(7-5-35-16(18)20-7)12(27)21-10-13(28)24-11(15(29)30)6(3-33-14(10)24)4-34-17-19-2-8(26)22-25(17)31/h5,10,14,25H,2-4H2,1H3,(H2,18,20)(H,21,27)(H,22,26)(H,29,30)/b23-9-/t10-,14-/m1/s1. The summed E-state index contributed by atoms with van der Waals surface area (Å²) in [4.78, 5) is 64.4. The van der Waals surface area contributed by atoms with Crippen LogP contribution in [-0.2, 0) is 24.0 Å². The first kappa shape index (κ1) is 25.2. The third-order valence-electron chi connectivity index (χ3n) is 4.90. The molecule has 15 nitrogen and oxygen atoms in total. The molecule has 1 aromatic heterocycles. The second-order valence-corrected chi connectivity index (χ2v) is 11.0. The molecule has 3 atom stereocenters. The van der Waals surface area contributed by atoms with Crippen LogP contribution in [0.5, 0.6) is 0 Å². The van der Waals surface area contributed by atoms with E-state index in [9.17, 15) is 29.5 Å². The van der Waals surface area contributed by atoms with Gasteiger partial charge in [-0.15, -0.1) is 0 Å². The molecular weight excluding hydrogens is 571 g/mol. The number of aliphatic imine (C=N–C) groups is 1. The molecule has 3 amide bonds. The summed E-state index contributed by atoms with van der Waals surface area (Å²) in [6, 6.07) is -0.980. The zero-order valence-corrected chi connectivity index (χ0v) is 21.2. The average Bonchev–Trinajstić information content (AvgIpc) is 3.25. The fraction of sp³-hybridized carbons (Fsp3) is 0.353. The number of nitrogens with one attached hydrogen (secondary N) is 3. The van der Waals surface area contributed by atoms with Crippen LogP contribution in [0.25, 0.3) is 0 Å². The van der Waals surface area contributed by atoms with Gasteiger partial charge in [0.05, 0.1) is 0 Å². The molecule has 4 heterocycles. The predicted octanol–water partition coefficient (Wildman–Crippen LogP) is -3.67. The van der Waals surface area contributed by atoms with Gasteiger partial charge in [-0.25, -0.2) is 10.2 Å². The number of nitrogens with zero attached hydrogens (tertiary/aromatic N) is 4. The number of carboxylic acids is 1. The number of fused-ring (bicyclic) bond motifs is 1. The second-order valence-electron chi connectivity index (χ2n) is 7.10. The van der Waals surface area contributed by atoms with Crippen LogP contribution in [0.4, 0.5) is 4.69 Å². The van der Waals surface area contributed by atoms with Crippen LogP contribution in [0.2, 0.25) is 0 Å². The summed E-state index contributed by atoms with van der Waals surface area (Å²) in [7, 11) is 1.26. The van der Waals surface area contributed by atoms with E-state index in [1.807, 2.05) is 0 Å². The number of hydrogen-bond donors (Lipinski definition) is 5. The number of thioether (sulfide) groups is 2. The Morgan fingerprint density at radius 1 is 1.54 bits per heavy atom. The number of nitrogen functional groups attached to an aromatic ring is 1. The summed E-state index contributed by atoms with van der Waals surface area (Å²) in [6.07, 6.45) is 0. The first-order chi connectivity index (χ1) is 16.7. The third kappa shape index (κ3) is 5.07. The van der Waals surface area contributed by atoms with Gasteiger partial charge in [0, 0.05) is 0 Å². The van der Waals surface area contributed by atoms with Gasteiger partial charge in [0.25, 0.3) is 11.1 Å². The van der Waals surface area contributed by atoms with Crippen LogP contribution in [0.3, 0.4) is 0 Å². The molecule has 0 bridgehead atoms. The van der Waals surface area contributed by atoms with Crippen LogP contribution in [0, 0.1) is 5.21 Å². The van der Waals surface area contributed by atoms with Gasteiger partial charge >= 0.3 is 169 Å². The minimum absolute atomic E-state index is 0.0601. The van der Waals surface area contributed by atoms with Crippen molar-refractivity contribution in [3.8, 4) is 0 Å². The van der Waals surface area contributed by atoms with Crippen molar-refractivity contribution in [2.24, 2.45) is 10.1 Å². The number of amidine groups is 1. The molecule has 1 unspecified atom stereocenters. The topological polar surface area (TPSA) is 216 Å². The number of hydroxylamine groups is 1. The van der Waals surface area contributed by atoms with Crippen LogP contribution in [0.15, 0.2) is 26.4 Å².